The van der Waals surface area contributed by atoms with Crippen LogP contribution < -0.4 is 0 Å². The van der Waals surface area contributed by atoms with E-state index in [1.54, 1.807) is 0 Å². The van der Waals surface area contributed by atoms with E-state index in [9.17, 15) is 5.11 Å². The molecule has 3 fully saturated rings. The minimum atomic E-state index is -0.0728. The van der Waals surface area contributed by atoms with Crippen LogP contribution in [-0.2, 0) is 4.74 Å². The molecule has 4 atom stereocenters. The molecule has 2 nitrogen and oxygen atoms in total. The Morgan fingerprint density at radius 1 is 1.18 bits per heavy atom. The van der Waals surface area contributed by atoms with E-state index in [0.717, 1.165) is 25.2 Å². The number of hydrogen-bond acceptors (Lipinski definition) is 4. The van der Waals surface area contributed by atoms with Gasteiger partial charge in [0.1, 0.15) is 0 Å². The second-order valence-electron chi connectivity index (χ2n) is 5.70. The van der Waals surface area contributed by atoms with Crippen molar-refractivity contribution in [3.8, 4) is 0 Å². The molecule has 98 valence electrons. The summed E-state index contributed by atoms with van der Waals surface area (Å²) in [6.07, 6.45) is 4.50. The van der Waals surface area contributed by atoms with Crippen LogP contribution in [0.15, 0.2) is 0 Å². The monoisotopic (exact) mass is 274 g/mol. The Balaban J connectivity index is 1.62. The van der Waals surface area contributed by atoms with Gasteiger partial charge in [-0.3, -0.25) is 0 Å². The maximum Gasteiger partial charge on any atom is 0.0783 e. The molecular weight excluding hydrogens is 252 g/mol. The van der Waals surface area contributed by atoms with E-state index >= 15 is 0 Å². The maximum absolute atomic E-state index is 10.5. The van der Waals surface area contributed by atoms with Crippen LogP contribution in [0.2, 0.25) is 0 Å². The third kappa shape index (κ3) is 2.65. The third-order valence-electron chi connectivity index (χ3n) is 4.53. The lowest BCUT2D eigenvalue weighted by atomic mass is 9.78. The van der Waals surface area contributed by atoms with E-state index < -0.39 is 0 Å². The van der Waals surface area contributed by atoms with E-state index in [0.29, 0.717) is 11.8 Å². The molecule has 0 bridgehead atoms. The smallest absolute Gasteiger partial charge is 0.0783 e. The van der Waals surface area contributed by atoms with Crippen molar-refractivity contribution in [1.82, 2.24) is 0 Å². The van der Waals surface area contributed by atoms with E-state index in [1.165, 1.54) is 30.1 Å². The lowest BCUT2D eigenvalue weighted by Crippen LogP contribution is -2.44. The summed E-state index contributed by atoms with van der Waals surface area (Å²) in [6.45, 7) is 0.863. The van der Waals surface area contributed by atoms with Crippen molar-refractivity contribution in [2.24, 2.45) is 11.8 Å². The van der Waals surface area contributed by atoms with Crippen LogP contribution >= 0.6 is 23.5 Å². The number of aliphatic hydroxyl groups is 1. The molecule has 0 aromatic carbocycles. The highest BCUT2D eigenvalue weighted by molar-refractivity contribution is 7.99. The average molecular weight is 274 g/mol. The SMILES string of the molecule is OC(C1CCSC1)C1CCOC2(CCSC2)C1. The summed E-state index contributed by atoms with van der Waals surface area (Å²) in [7, 11) is 0. The molecule has 0 amide bonds. The molecule has 1 N–H and O–H groups in total. The van der Waals surface area contributed by atoms with Crippen LogP contribution in [0.3, 0.4) is 0 Å². The second kappa shape index (κ2) is 5.32. The first-order valence-electron chi connectivity index (χ1n) is 6.77. The van der Waals surface area contributed by atoms with Crippen molar-refractivity contribution in [3.63, 3.8) is 0 Å². The Morgan fingerprint density at radius 3 is 2.82 bits per heavy atom. The Hall–Kier alpha value is 0.620. The summed E-state index contributed by atoms with van der Waals surface area (Å²) in [5.74, 6) is 5.84. The summed E-state index contributed by atoms with van der Waals surface area (Å²) in [5, 5.41) is 10.5. The van der Waals surface area contributed by atoms with E-state index in [4.69, 9.17) is 4.74 Å². The first-order valence-corrected chi connectivity index (χ1v) is 9.08. The van der Waals surface area contributed by atoms with Gasteiger partial charge in [-0.1, -0.05) is 0 Å². The van der Waals surface area contributed by atoms with Gasteiger partial charge in [0.05, 0.1) is 11.7 Å². The minimum Gasteiger partial charge on any atom is -0.393 e. The van der Waals surface area contributed by atoms with Crippen molar-refractivity contribution < 1.29 is 9.84 Å². The number of aliphatic hydroxyl groups excluding tert-OH is 1. The molecule has 3 aliphatic heterocycles. The first kappa shape index (κ1) is 12.6. The summed E-state index contributed by atoms with van der Waals surface area (Å²) in [6, 6.07) is 0. The number of thioether (sulfide) groups is 2. The van der Waals surface area contributed by atoms with Crippen molar-refractivity contribution >= 4 is 23.5 Å². The largest absolute Gasteiger partial charge is 0.393 e. The van der Waals surface area contributed by atoms with E-state index in [2.05, 4.69) is 0 Å². The molecule has 0 aromatic rings. The molecule has 3 saturated heterocycles. The fourth-order valence-corrected chi connectivity index (χ4v) is 6.11. The number of hydrogen-bond donors (Lipinski definition) is 1. The predicted molar refractivity (Wildman–Crippen MR) is 74.8 cm³/mol. The standard InChI is InChI=1S/C13H22O2S2/c14-12(11-2-5-16-8-11)10-1-4-15-13(7-10)3-6-17-9-13/h10-12,14H,1-9H2. The summed E-state index contributed by atoms with van der Waals surface area (Å²) >= 11 is 4.02. The molecular formula is C13H22O2S2. The Bertz CT molecular complexity index is 260. The van der Waals surface area contributed by atoms with Crippen LogP contribution in [0.5, 0.6) is 0 Å². The predicted octanol–water partition coefficient (Wildman–Crippen LogP) is 2.40. The van der Waals surface area contributed by atoms with Gasteiger partial charge >= 0.3 is 0 Å². The van der Waals surface area contributed by atoms with Gasteiger partial charge in [-0.25, -0.2) is 0 Å². The molecule has 3 rings (SSSR count). The normalized spacial score (nSPS) is 44.3. The van der Waals surface area contributed by atoms with E-state index in [1.807, 2.05) is 23.5 Å². The highest BCUT2D eigenvalue weighted by Crippen LogP contribution is 2.43. The lowest BCUT2D eigenvalue weighted by Gasteiger charge is -2.40. The van der Waals surface area contributed by atoms with Crippen molar-refractivity contribution in [3.05, 3.63) is 0 Å². The molecule has 1 spiro atoms. The van der Waals surface area contributed by atoms with Gasteiger partial charge in [0.2, 0.25) is 0 Å². The zero-order chi connectivity index (χ0) is 11.7. The summed E-state index contributed by atoms with van der Waals surface area (Å²) < 4.78 is 6.03. The maximum atomic E-state index is 10.5. The van der Waals surface area contributed by atoms with Crippen molar-refractivity contribution in [2.75, 3.05) is 29.6 Å². The Morgan fingerprint density at radius 2 is 2.12 bits per heavy atom. The average Bonchev–Trinajstić information content (AvgIpc) is 3.00. The fraction of sp³-hybridized carbons (Fsp3) is 1.00. The van der Waals surface area contributed by atoms with Crippen LogP contribution in [-0.4, -0.2) is 46.4 Å². The summed E-state index contributed by atoms with van der Waals surface area (Å²) in [5.41, 5.74) is 0.125. The van der Waals surface area contributed by atoms with Gasteiger partial charge in [-0.05, 0) is 54.8 Å². The molecule has 0 aromatic heterocycles. The van der Waals surface area contributed by atoms with Gasteiger partial charge in [-0.2, -0.15) is 23.5 Å². The lowest BCUT2D eigenvalue weighted by molar-refractivity contribution is -0.107. The first-order chi connectivity index (χ1) is 8.29. The molecule has 3 heterocycles. The Labute approximate surface area is 112 Å². The van der Waals surface area contributed by atoms with E-state index in [-0.39, 0.29) is 11.7 Å². The number of rotatable bonds is 2. The van der Waals surface area contributed by atoms with Gasteiger partial charge in [0.15, 0.2) is 0 Å². The number of ether oxygens (including phenoxy) is 1. The summed E-state index contributed by atoms with van der Waals surface area (Å²) in [4.78, 5) is 0. The van der Waals surface area contributed by atoms with Crippen molar-refractivity contribution in [1.29, 1.82) is 0 Å². The minimum absolute atomic E-state index is 0.0728. The zero-order valence-electron chi connectivity index (χ0n) is 10.3. The zero-order valence-corrected chi connectivity index (χ0v) is 11.9. The van der Waals surface area contributed by atoms with Crippen LogP contribution in [0.1, 0.15) is 25.7 Å². The molecule has 0 radical (unpaired) electrons. The van der Waals surface area contributed by atoms with Gasteiger partial charge < -0.3 is 9.84 Å². The van der Waals surface area contributed by atoms with Crippen LogP contribution in [0.4, 0.5) is 0 Å². The topological polar surface area (TPSA) is 29.5 Å². The molecule has 17 heavy (non-hydrogen) atoms. The highest BCUT2D eigenvalue weighted by Gasteiger charge is 2.43. The third-order valence-corrected chi connectivity index (χ3v) is 6.94. The molecule has 4 unspecified atom stereocenters. The molecule has 4 heteroatoms. The molecule has 0 saturated carbocycles. The van der Waals surface area contributed by atoms with Crippen LogP contribution in [0, 0.1) is 11.8 Å². The second-order valence-corrected chi connectivity index (χ2v) is 7.96. The van der Waals surface area contributed by atoms with Crippen LogP contribution in [0.25, 0.3) is 0 Å². The quantitative estimate of drug-likeness (QED) is 0.837. The molecule has 3 aliphatic rings. The Kier molecular flexibility index (Phi) is 3.95. The fourth-order valence-electron chi connectivity index (χ4n) is 3.43. The molecule has 0 aliphatic carbocycles. The van der Waals surface area contributed by atoms with Gasteiger partial charge in [0.25, 0.3) is 0 Å². The van der Waals surface area contributed by atoms with Gasteiger partial charge in [-0.15, -0.1) is 0 Å². The van der Waals surface area contributed by atoms with Gasteiger partial charge in [0, 0.05) is 12.4 Å². The van der Waals surface area contributed by atoms with Crippen molar-refractivity contribution in [2.45, 2.75) is 37.4 Å². The highest BCUT2D eigenvalue weighted by atomic mass is 32.2.